The Morgan fingerprint density at radius 2 is 1.73 bits per heavy atom. The van der Waals surface area contributed by atoms with Crippen molar-refractivity contribution in [1.82, 2.24) is 15.6 Å². The lowest BCUT2D eigenvalue weighted by Gasteiger charge is -2.21. The highest BCUT2D eigenvalue weighted by Crippen LogP contribution is 2.17. The number of para-hydroxylation sites is 1. The number of pyridine rings is 1. The number of carbonyl (C=O) groups is 2. The Kier molecular flexibility index (Phi) is 9.35. The zero-order valence-corrected chi connectivity index (χ0v) is 19.1. The number of carbonyl (C=O) groups excluding carboxylic acids is 2. The summed E-state index contributed by atoms with van der Waals surface area (Å²) in [6, 6.07) is 18.1. The molecule has 7 heteroatoms. The number of anilines is 1. The first kappa shape index (κ1) is 24.4. The average molecular weight is 448 g/mol. The molecule has 0 aliphatic rings. The van der Waals surface area contributed by atoms with Crippen molar-refractivity contribution in [3.05, 3.63) is 72.4 Å². The number of fused-ring (bicyclic) bond motifs is 1. The number of hydrogen-bond donors (Lipinski definition) is 4. The van der Waals surface area contributed by atoms with Crippen LogP contribution in [0.1, 0.15) is 31.2 Å². The molecule has 5 N–H and O–H groups in total. The number of aromatic nitrogens is 1. The van der Waals surface area contributed by atoms with Gasteiger partial charge in [0.25, 0.3) is 0 Å². The molecule has 0 spiro atoms. The highest BCUT2D eigenvalue weighted by Gasteiger charge is 2.24. The Bertz CT molecular complexity index is 1040. The number of nitrogens with two attached hydrogens (primary N) is 1. The first-order valence-corrected chi connectivity index (χ1v) is 11.5. The molecule has 1 aromatic heterocycles. The van der Waals surface area contributed by atoms with E-state index >= 15 is 0 Å². The predicted octanol–water partition coefficient (Wildman–Crippen LogP) is 3.01. The van der Waals surface area contributed by atoms with Gasteiger partial charge in [0.15, 0.2) is 0 Å². The second-order valence-corrected chi connectivity index (χ2v) is 8.20. The van der Waals surface area contributed by atoms with Crippen molar-refractivity contribution in [3.63, 3.8) is 0 Å². The molecule has 3 rings (SSSR count). The van der Waals surface area contributed by atoms with E-state index < -0.39 is 12.1 Å². The van der Waals surface area contributed by atoms with Crippen LogP contribution in [-0.4, -0.2) is 42.5 Å². The van der Waals surface area contributed by atoms with E-state index in [2.05, 4.69) is 20.9 Å². The molecule has 33 heavy (non-hydrogen) atoms. The fraction of sp³-hybridized carbons (Fsp3) is 0.346. The zero-order valence-electron chi connectivity index (χ0n) is 19.1. The van der Waals surface area contributed by atoms with E-state index in [0.717, 1.165) is 35.9 Å². The third-order valence-corrected chi connectivity index (χ3v) is 5.58. The predicted molar refractivity (Wildman–Crippen MR) is 133 cm³/mol. The maximum absolute atomic E-state index is 13.1. The summed E-state index contributed by atoms with van der Waals surface area (Å²) in [5.74, 6) is -0.581. The minimum absolute atomic E-state index is 0.279. The smallest absolute Gasteiger partial charge is 0.247 e. The quantitative estimate of drug-likeness (QED) is 0.319. The number of nitrogens with one attached hydrogen (secondary N) is 3. The molecule has 0 saturated carbocycles. The van der Waals surface area contributed by atoms with Gasteiger partial charge in [-0.25, -0.2) is 0 Å². The van der Waals surface area contributed by atoms with Gasteiger partial charge in [-0.3, -0.25) is 14.6 Å². The molecule has 1 heterocycles. The van der Waals surface area contributed by atoms with Crippen LogP contribution in [0.3, 0.4) is 0 Å². The maximum atomic E-state index is 13.1. The van der Waals surface area contributed by atoms with Crippen molar-refractivity contribution in [3.8, 4) is 0 Å². The molecule has 0 fully saturated rings. The third kappa shape index (κ3) is 7.66. The van der Waals surface area contributed by atoms with Crippen molar-refractivity contribution >= 4 is 28.4 Å². The number of aryl methyl sites for hydroxylation is 1. The van der Waals surface area contributed by atoms with Crippen LogP contribution in [-0.2, 0) is 16.0 Å². The Morgan fingerprint density at radius 3 is 2.52 bits per heavy atom. The Balaban J connectivity index is 1.66. The first-order valence-electron chi connectivity index (χ1n) is 11.5. The van der Waals surface area contributed by atoms with Gasteiger partial charge in [0, 0.05) is 5.39 Å². The molecule has 0 saturated heterocycles. The SMILES string of the molecule is CNCCCC[C@H](N)C(=O)N[C@H](CCc1ccccc1)C(=O)Nc1cnc2ccccc2c1. The summed E-state index contributed by atoms with van der Waals surface area (Å²) in [6.07, 6.45) is 5.13. The van der Waals surface area contributed by atoms with E-state index in [-0.39, 0.29) is 11.8 Å². The third-order valence-electron chi connectivity index (χ3n) is 5.58. The molecular weight excluding hydrogens is 414 g/mol. The van der Waals surface area contributed by atoms with Crippen LogP contribution in [0.2, 0.25) is 0 Å². The van der Waals surface area contributed by atoms with E-state index in [1.54, 1.807) is 6.20 Å². The molecule has 7 nitrogen and oxygen atoms in total. The number of benzene rings is 2. The number of rotatable bonds is 12. The molecule has 2 atom stereocenters. The molecule has 0 unspecified atom stereocenters. The fourth-order valence-electron chi connectivity index (χ4n) is 3.67. The maximum Gasteiger partial charge on any atom is 0.247 e. The van der Waals surface area contributed by atoms with Crippen LogP contribution in [0, 0.1) is 0 Å². The van der Waals surface area contributed by atoms with Gasteiger partial charge in [-0.05, 0) is 57.0 Å². The second-order valence-electron chi connectivity index (χ2n) is 8.20. The van der Waals surface area contributed by atoms with Crippen molar-refractivity contribution in [2.24, 2.45) is 5.73 Å². The molecule has 2 amide bonds. The fourth-order valence-corrected chi connectivity index (χ4v) is 3.67. The lowest BCUT2D eigenvalue weighted by Crippen LogP contribution is -2.50. The van der Waals surface area contributed by atoms with Gasteiger partial charge >= 0.3 is 0 Å². The van der Waals surface area contributed by atoms with E-state index in [9.17, 15) is 9.59 Å². The van der Waals surface area contributed by atoms with E-state index in [1.165, 1.54) is 0 Å². The van der Waals surface area contributed by atoms with E-state index in [4.69, 9.17) is 5.73 Å². The summed E-state index contributed by atoms with van der Waals surface area (Å²) < 4.78 is 0. The zero-order chi connectivity index (χ0) is 23.5. The summed E-state index contributed by atoms with van der Waals surface area (Å²) in [5.41, 5.74) is 8.65. The molecule has 3 aromatic rings. The number of hydrogen-bond acceptors (Lipinski definition) is 5. The molecule has 0 bridgehead atoms. The van der Waals surface area contributed by atoms with Crippen LogP contribution in [0.15, 0.2) is 66.9 Å². The topological polar surface area (TPSA) is 109 Å². The molecule has 0 radical (unpaired) electrons. The average Bonchev–Trinajstić information content (AvgIpc) is 2.84. The van der Waals surface area contributed by atoms with Gasteiger partial charge in [0.2, 0.25) is 11.8 Å². The highest BCUT2D eigenvalue weighted by molar-refractivity contribution is 5.98. The monoisotopic (exact) mass is 447 g/mol. The van der Waals surface area contributed by atoms with E-state index in [1.807, 2.05) is 67.7 Å². The summed E-state index contributed by atoms with van der Waals surface area (Å²) in [7, 11) is 1.90. The lowest BCUT2D eigenvalue weighted by molar-refractivity contribution is -0.127. The second kappa shape index (κ2) is 12.7. The van der Waals surface area contributed by atoms with Crippen molar-refractivity contribution in [2.45, 2.75) is 44.2 Å². The van der Waals surface area contributed by atoms with Crippen LogP contribution in [0.25, 0.3) is 10.9 Å². The highest BCUT2D eigenvalue weighted by atomic mass is 16.2. The van der Waals surface area contributed by atoms with Crippen LogP contribution in [0.5, 0.6) is 0 Å². The largest absolute Gasteiger partial charge is 0.343 e. The molecular formula is C26H33N5O2. The lowest BCUT2D eigenvalue weighted by atomic mass is 10.0. The molecule has 0 aliphatic heterocycles. The van der Waals surface area contributed by atoms with Gasteiger partial charge in [0.05, 0.1) is 23.4 Å². The Labute approximate surface area is 195 Å². The number of amides is 2. The van der Waals surface area contributed by atoms with Gasteiger partial charge in [-0.1, -0.05) is 55.0 Å². The number of unbranched alkanes of at least 4 members (excludes halogenated alkanes) is 1. The molecule has 2 aromatic carbocycles. The van der Waals surface area contributed by atoms with Gasteiger partial charge in [-0.15, -0.1) is 0 Å². The summed E-state index contributed by atoms with van der Waals surface area (Å²) in [4.78, 5) is 30.2. The summed E-state index contributed by atoms with van der Waals surface area (Å²) in [5, 5.41) is 9.80. The summed E-state index contributed by atoms with van der Waals surface area (Å²) in [6.45, 7) is 0.885. The Morgan fingerprint density at radius 1 is 0.970 bits per heavy atom. The number of nitrogens with zero attached hydrogens (tertiary/aromatic N) is 1. The first-order chi connectivity index (χ1) is 16.1. The molecule has 174 valence electrons. The summed E-state index contributed by atoms with van der Waals surface area (Å²) >= 11 is 0. The van der Waals surface area contributed by atoms with Crippen LogP contribution in [0.4, 0.5) is 5.69 Å². The van der Waals surface area contributed by atoms with Gasteiger partial charge in [-0.2, -0.15) is 0 Å². The van der Waals surface area contributed by atoms with Crippen molar-refractivity contribution in [2.75, 3.05) is 18.9 Å². The van der Waals surface area contributed by atoms with E-state index in [0.29, 0.717) is 24.9 Å². The minimum Gasteiger partial charge on any atom is -0.343 e. The Hall–Kier alpha value is -3.29. The standard InChI is InChI=1S/C26H33N5O2/c1-28-16-8-7-12-22(27)25(32)31-24(15-14-19-9-3-2-4-10-19)26(33)30-21-17-20-11-5-6-13-23(20)29-18-21/h2-6,9-11,13,17-18,22,24,28H,7-8,12,14-16,27H2,1H3,(H,30,33)(H,31,32)/t22-,24+/m0/s1. The van der Waals surface area contributed by atoms with Crippen LogP contribution >= 0.6 is 0 Å². The van der Waals surface area contributed by atoms with Gasteiger partial charge in [0.1, 0.15) is 6.04 Å². The minimum atomic E-state index is -0.701. The van der Waals surface area contributed by atoms with Crippen molar-refractivity contribution < 1.29 is 9.59 Å². The van der Waals surface area contributed by atoms with Crippen molar-refractivity contribution in [1.29, 1.82) is 0 Å². The van der Waals surface area contributed by atoms with Crippen LogP contribution < -0.4 is 21.7 Å². The molecule has 0 aliphatic carbocycles. The normalized spacial score (nSPS) is 12.8. The van der Waals surface area contributed by atoms with Gasteiger partial charge < -0.3 is 21.7 Å².